The van der Waals surface area contributed by atoms with Crippen LogP contribution in [0.2, 0.25) is 5.02 Å². The average molecular weight is 306 g/mol. The Hall–Kier alpha value is -1.68. The summed E-state index contributed by atoms with van der Waals surface area (Å²) in [6.45, 7) is 2.95. The summed E-state index contributed by atoms with van der Waals surface area (Å²) in [6.07, 6.45) is 3.34. The van der Waals surface area contributed by atoms with Gasteiger partial charge in [-0.25, -0.2) is 14.4 Å². The molecule has 21 heavy (non-hydrogen) atoms. The molecule has 1 saturated carbocycles. The van der Waals surface area contributed by atoms with E-state index in [9.17, 15) is 4.39 Å². The maximum Gasteiger partial charge on any atom is 0.161 e. The van der Waals surface area contributed by atoms with E-state index in [4.69, 9.17) is 11.6 Å². The van der Waals surface area contributed by atoms with E-state index >= 15 is 0 Å². The number of halogens is 2. The first kappa shape index (κ1) is 14.3. The predicted octanol–water partition coefficient (Wildman–Crippen LogP) is 4.64. The third kappa shape index (κ3) is 3.50. The molecule has 0 atom stereocenters. The van der Waals surface area contributed by atoms with Crippen LogP contribution in [-0.4, -0.2) is 16.5 Å². The van der Waals surface area contributed by atoms with E-state index in [1.807, 2.05) is 6.07 Å². The van der Waals surface area contributed by atoms with Gasteiger partial charge in [-0.3, -0.25) is 0 Å². The summed E-state index contributed by atoms with van der Waals surface area (Å²) < 4.78 is 13.5. The van der Waals surface area contributed by atoms with Crippen molar-refractivity contribution < 1.29 is 4.39 Å². The van der Waals surface area contributed by atoms with Crippen molar-refractivity contribution in [1.29, 1.82) is 0 Å². The van der Waals surface area contributed by atoms with Crippen LogP contribution < -0.4 is 5.32 Å². The molecule has 1 heterocycles. The third-order valence-electron chi connectivity index (χ3n) is 3.42. The molecule has 1 aliphatic carbocycles. The molecule has 1 N–H and O–H groups in total. The number of nitrogens with one attached hydrogen (secondary N) is 1. The Kier molecular flexibility index (Phi) is 4.06. The lowest BCUT2D eigenvalue weighted by atomic mass is 10.2. The Balaban J connectivity index is 2.01. The highest BCUT2D eigenvalue weighted by molar-refractivity contribution is 6.30. The Bertz CT molecular complexity index is 636. The second kappa shape index (κ2) is 5.98. The molecule has 0 radical (unpaired) electrons. The zero-order valence-corrected chi connectivity index (χ0v) is 12.6. The van der Waals surface area contributed by atoms with Gasteiger partial charge in [-0.15, -0.1) is 0 Å². The summed E-state index contributed by atoms with van der Waals surface area (Å²) in [7, 11) is 0. The van der Waals surface area contributed by atoms with Gasteiger partial charge in [-0.1, -0.05) is 18.5 Å². The Labute approximate surface area is 128 Å². The van der Waals surface area contributed by atoms with Crippen LogP contribution in [0.3, 0.4) is 0 Å². The summed E-state index contributed by atoms with van der Waals surface area (Å²) in [4.78, 5) is 9.07. The summed E-state index contributed by atoms with van der Waals surface area (Å²) >= 11 is 5.93. The van der Waals surface area contributed by atoms with Gasteiger partial charge >= 0.3 is 0 Å². The van der Waals surface area contributed by atoms with Crippen LogP contribution >= 0.6 is 11.6 Å². The lowest BCUT2D eigenvalue weighted by Gasteiger charge is -2.09. The number of nitrogens with zero attached hydrogens (tertiary/aromatic N) is 2. The molecule has 1 aliphatic rings. The fraction of sp³-hybridized carbons (Fsp3) is 0.375. The molecular weight excluding hydrogens is 289 g/mol. The van der Waals surface area contributed by atoms with Crippen LogP contribution in [-0.2, 0) is 0 Å². The second-order valence-electron chi connectivity index (χ2n) is 5.36. The first-order chi connectivity index (χ1) is 10.2. The SMILES string of the molecule is CCCNc1cc(C2CC2)nc(-c2cc(F)cc(Cl)c2)n1. The van der Waals surface area contributed by atoms with Crippen LogP contribution in [0.15, 0.2) is 24.3 Å². The van der Waals surface area contributed by atoms with Gasteiger partial charge in [0, 0.05) is 34.8 Å². The van der Waals surface area contributed by atoms with Crippen molar-refractivity contribution in [1.82, 2.24) is 9.97 Å². The monoisotopic (exact) mass is 305 g/mol. The molecule has 5 heteroatoms. The molecule has 3 rings (SSSR count). The molecule has 1 fully saturated rings. The Morgan fingerprint density at radius 3 is 2.71 bits per heavy atom. The Morgan fingerprint density at radius 1 is 1.24 bits per heavy atom. The van der Waals surface area contributed by atoms with E-state index in [1.54, 1.807) is 6.07 Å². The average Bonchev–Trinajstić information content (AvgIpc) is 3.28. The van der Waals surface area contributed by atoms with E-state index in [0.717, 1.165) is 37.3 Å². The maximum atomic E-state index is 13.5. The van der Waals surface area contributed by atoms with Crippen LogP contribution in [0.1, 0.15) is 37.8 Å². The third-order valence-corrected chi connectivity index (χ3v) is 3.64. The molecule has 1 aromatic heterocycles. The van der Waals surface area contributed by atoms with Gasteiger partial charge in [0.05, 0.1) is 0 Å². The highest BCUT2D eigenvalue weighted by Crippen LogP contribution is 2.40. The molecule has 0 bridgehead atoms. The van der Waals surface area contributed by atoms with E-state index in [1.165, 1.54) is 12.1 Å². The number of rotatable bonds is 5. The first-order valence-electron chi connectivity index (χ1n) is 7.25. The minimum atomic E-state index is -0.374. The van der Waals surface area contributed by atoms with Crippen molar-refractivity contribution in [2.45, 2.75) is 32.1 Å². The van der Waals surface area contributed by atoms with Crippen molar-refractivity contribution in [2.75, 3.05) is 11.9 Å². The largest absolute Gasteiger partial charge is 0.370 e. The van der Waals surface area contributed by atoms with Crippen molar-refractivity contribution in [3.63, 3.8) is 0 Å². The van der Waals surface area contributed by atoms with Crippen LogP contribution in [0.4, 0.5) is 10.2 Å². The van der Waals surface area contributed by atoms with Gasteiger partial charge < -0.3 is 5.32 Å². The molecule has 0 aliphatic heterocycles. The lowest BCUT2D eigenvalue weighted by Crippen LogP contribution is -2.05. The molecule has 0 spiro atoms. The molecule has 0 unspecified atom stereocenters. The highest BCUT2D eigenvalue weighted by Gasteiger charge is 2.26. The van der Waals surface area contributed by atoms with Crippen LogP contribution in [0, 0.1) is 5.82 Å². The van der Waals surface area contributed by atoms with Gasteiger partial charge in [0.25, 0.3) is 0 Å². The van der Waals surface area contributed by atoms with Gasteiger partial charge in [-0.2, -0.15) is 0 Å². The lowest BCUT2D eigenvalue weighted by molar-refractivity contribution is 0.628. The minimum absolute atomic E-state index is 0.355. The van der Waals surface area contributed by atoms with Crippen molar-refractivity contribution in [2.24, 2.45) is 0 Å². The van der Waals surface area contributed by atoms with Gasteiger partial charge in [-0.05, 0) is 37.5 Å². The molecular formula is C16H17ClFN3. The molecule has 1 aromatic carbocycles. The molecule has 3 nitrogen and oxygen atoms in total. The predicted molar refractivity (Wildman–Crippen MR) is 83.2 cm³/mol. The number of hydrogen-bond donors (Lipinski definition) is 1. The standard InChI is InChI=1S/C16H17ClFN3/c1-2-5-19-15-9-14(10-3-4-10)20-16(21-15)11-6-12(17)8-13(18)7-11/h6-10H,2-5H2,1H3,(H,19,20,21). The smallest absolute Gasteiger partial charge is 0.161 e. The van der Waals surface area contributed by atoms with Crippen LogP contribution in [0.25, 0.3) is 11.4 Å². The zero-order valence-electron chi connectivity index (χ0n) is 11.9. The van der Waals surface area contributed by atoms with Gasteiger partial charge in [0.1, 0.15) is 11.6 Å². The van der Waals surface area contributed by atoms with E-state index in [2.05, 4.69) is 22.2 Å². The summed E-state index contributed by atoms with van der Waals surface area (Å²) in [5, 5.41) is 3.63. The minimum Gasteiger partial charge on any atom is -0.370 e. The fourth-order valence-electron chi connectivity index (χ4n) is 2.21. The number of hydrogen-bond acceptors (Lipinski definition) is 3. The summed E-state index contributed by atoms with van der Waals surface area (Å²) in [6, 6.07) is 6.39. The van der Waals surface area contributed by atoms with Crippen molar-refractivity contribution in [3.05, 3.63) is 40.8 Å². The number of aromatic nitrogens is 2. The van der Waals surface area contributed by atoms with Gasteiger partial charge in [0.15, 0.2) is 5.82 Å². The van der Waals surface area contributed by atoms with E-state index < -0.39 is 0 Å². The number of anilines is 1. The zero-order chi connectivity index (χ0) is 14.8. The maximum absolute atomic E-state index is 13.5. The molecule has 0 saturated heterocycles. The summed E-state index contributed by atoms with van der Waals surface area (Å²) in [5.41, 5.74) is 1.64. The molecule has 0 amide bonds. The quantitative estimate of drug-likeness (QED) is 0.874. The fourth-order valence-corrected chi connectivity index (χ4v) is 2.43. The van der Waals surface area contributed by atoms with E-state index in [0.29, 0.717) is 22.3 Å². The van der Waals surface area contributed by atoms with Crippen molar-refractivity contribution in [3.8, 4) is 11.4 Å². The van der Waals surface area contributed by atoms with Crippen LogP contribution in [0.5, 0.6) is 0 Å². The topological polar surface area (TPSA) is 37.8 Å². The summed E-state index contributed by atoms with van der Waals surface area (Å²) in [5.74, 6) is 1.46. The Morgan fingerprint density at radius 2 is 2.05 bits per heavy atom. The van der Waals surface area contributed by atoms with Crippen molar-refractivity contribution >= 4 is 17.4 Å². The second-order valence-corrected chi connectivity index (χ2v) is 5.80. The molecule has 110 valence electrons. The van der Waals surface area contributed by atoms with E-state index in [-0.39, 0.29) is 5.82 Å². The number of benzene rings is 1. The molecule has 2 aromatic rings. The normalized spacial score (nSPS) is 14.2. The highest BCUT2D eigenvalue weighted by atomic mass is 35.5. The first-order valence-corrected chi connectivity index (χ1v) is 7.63. The van der Waals surface area contributed by atoms with Gasteiger partial charge in [0.2, 0.25) is 0 Å².